The molecule has 0 bridgehead atoms. The topological polar surface area (TPSA) is 29.9 Å². The van der Waals surface area contributed by atoms with Crippen LogP contribution in [0.5, 0.6) is 0 Å². The third-order valence-corrected chi connectivity index (χ3v) is 2.85. The Bertz CT molecular complexity index is 474. The smallest absolute Gasteiger partial charge is 0.0603 e. The Balaban J connectivity index is 2.02. The summed E-state index contributed by atoms with van der Waals surface area (Å²) in [5.41, 5.74) is 3.47. The molecule has 90 valence electrons. The number of rotatable bonds is 5. The molecule has 0 spiro atoms. The van der Waals surface area contributed by atoms with Crippen LogP contribution in [0.4, 0.5) is 5.69 Å². The largest absolute Gasteiger partial charge is 0.378 e. The molecule has 0 saturated heterocycles. The van der Waals surface area contributed by atoms with Gasteiger partial charge < -0.3 is 9.88 Å². The zero-order chi connectivity index (χ0) is 12.1. The first-order valence-electron chi connectivity index (χ1n) is 6.10. The van der Waals surface area contributed by atoms with Gasteiger partial charge in [0.15, 0.2) is 0 Å². The first kappa shape index (κ1) is 11.7. The maximum atomic E-state index is 4.27. The van der Waals surface area contributed by atoms with Crippen molar-refractivity contribution in [1.29, 1.82) is 0 Å². The maximum Gasteiger partial charge on any atom is 0.0603 e. The Morgan fingerprint density at radius 2 is 2.18 bits per heavy atom. The maximum absolute atomic E-state index is 4.27. The Labute approximate surface area is 103 Å². The van der Waals surface area contributed by atoms with Crippen molar-refractivity contribution < 1.29 is 0 Å². The van der Waals surface area contributed by atoms with Crippen LogP contribution < -0.4 is 5.32 Å². The lowest BCUT2D eigenvalue weighted by atomic mass is 10.3. The van der Waals surface area contributed by atoms with Gasteiger partial charge in [-0.1, -0.05) is 6.92 Å². The summed E-state index contributed by atoms with van der Waals surface area (Å²) in [5, 5.41) is 3.43. The van der Waals surface area contributed by atoms with Crippen LogP contribution in [0.15, 0.2) is 36.7 Å². The van der Waals surface area contributed by atoms with Crippen molar-refractivity contribution in [2.24, 2.45) is 0 Å². The van der Waals surface area contributed by atoms with Gasteiger partial charge in [-0.15, -0.1) is 0 Å². The van der Waals surface area contributed by atoms with E-state index in [9.17, 15) is 0 Å². The zero-order valence-corrected chi connectivity index (χ0v) is 10.5. The van der Waals surface area contributed by atoms with Crippen LogP contribution in [0.1, 0.15) is 24.7 Å². The van der Waals surface area contributed by atoms with Crippen LogP contribution in [0.3, 0.4) is 0 Å². The normalized spacial score (nSPS) is 10.5. The summed E-state index contributed by atoms with van der Waals surface area (Å²) in [6, 6.07) is 8.28. The summed E-state index contributed by atoms with van der Waals surface area (Å²) in [6.45, 7) is 6.14. The molecule has 2 heterocycles. The highest BCUT2D eigenvalue weighted by atomic mass is 15.0. The SMILES string of the molecule is CCCn1cccc1CNc1cccnc1C. The van der Waals surface area contributed by atoms with Crippen molar-refractivity contribution in [2.75, 3.05) is 5.32 Å². The Morgan fingerprint density at radius 3 is 2.94 bits per heavy atom. The molecule has 0 amide bonds. The van der Waals surface area contributed by atoms with Gasteiger partial charge in [0.1, 0.15) is 0 Å². The standard InChI is InChI=1S/C14H19N3/c1-3-9-17-10-5-6-13(17)11-16-14-7-4-8-15-12(14)2/h4-8,10,16H,3,9,11H2,1-2H3. The van der Waals surface area contributed by atoms with Crippen LogP contribution in [0.2, 0.25) is 0 Å². The molecule has 2 aromatic rings. The van der Waals surface area contributed by atoms with E-state index < -0.39 is 0 Å². The Morgan fingerprint density at radius 1 is 1.29 bits per heavy atom. The summed E-state index contributed by atoms with van der Waals surface area (Å²) in [6.07, 6.45) is 5.12. The monoisotopic (exact) mass is 229 g/mol. The van der Waals surface area contributed by atoms with Gasteiger partial charge >= 0.3 is 0 Å². The summed E-state index contributed by atoms with van der Waals surface area (Å²) in [5.74, 6) is 0. The quantitative estimate of drug-likeness (QED) is 0.853. The van der Waals surface area contributed by atoms with E-state index in [-0.39, 0.29) is 0 Å². The highest BCUT2D eigenvalue weighted by Gasteiger charge is 2.01. The van der Waals surface area contributed by atoms with Gasteiger partial charge in [0, 0.05) is 24.6 Å². The van der Waals surface area contributed by atoms with Gasteiger partial charge in [-0.2, -0.15) is 0 Å². The lowest BCUT2D eigenvalue weighted by Gasteiger charge is -2.11. The number of aromatic nitrogens is 2. The molecule has 0 aromatic carbocycles. The van der Waals surface area contributed by atoms with E-state index in [4.69, 9.17) is 0 Å². The number of aryl methyl sites for hydroxylation is 2. The van der Waals surface area contributed by atoms with E-state index in [1.54, 1.807) is 0 Å². The Hall–Kier alpha value is -1.77. The second-order valence-corrected chi connectivity index (χ2v) is 4.18. The number of pyridine rings is 1. The average Bonchev–Trinajstić information content (AvgIpc) is 2.76. The van der Waals surface area contributed by atoms with Gasteiger partial charge in [-0.25, -0.2) is 0 Å². The molecule has 2 aromatic heterocycles. The second kappa shape index (κ2) is 5.53. The van der Waals surface area contributed by atoms with Crippen LogP contribution in [0.25, 0.3) is 0 Å². The van der Waals surface area contributed by atoms with Crippen molar-refractivity contribution >= 4 is 5.69 Å². The fourth-order valence-electron chi connectivity index (χ4n) is 1.93. The minimum atomic E-state index is 0.847. The fourth-order valence-corrected chi connectivity index (χ4v) is 1.93. The van der Waals surface area contributed by atoms with Gasteiger partial charge in [-0.05, 0) is 37.6 Å². The van der Waals surface area contributed by atoms with Crippen molar-refractivity contribution in [3.8, 4) is 0 Å². The third kappa shape index (κ3) is 2.87. The molecule has 0 fully saturated rings. The van der Waals surface area contributed by atoms with Crippen LogP contribution in [-0.2, 0) is 13.1 Å². The fraction of sp³-hybridized carbons (Fsp3) is 0.357. The lowest BCUT2D eigenvalue weighted by Crippen LogP contribution is -2.07. The third-order valence-electron chi connectivity index (χ3n) is 2.85. The molecule has 0 aliphatic heterocycles. The van der Waals surface area contributed by atoms with Crippen LogP contribution in [0, 0.1) is 6.92 Å². The van der Waals surface area contributed by atoms with E-state index in [1.165, 1.54) is 5.69 Å². The highest BCUT2D eigenvalue weighted by molar-refractivity contribution is 5.46. The van der Waals surface area contributed by atoms with Crippen molar-refractivity contribution in [3.63, 3.8) is 0 Å². The number of hydrogen-bond donors (Lipinski definition) is 1. The molecule has 0 unspecified atom stereocenters. The van der Waals surface area contributed by atoms with E-state index in [2.05, 4.69) is 46.2 Å². The van der Waals surface area contributed by atoms with Gasteiger partial charge in [0.25, 0.3) is 0 Å². The summed E-state index contributed by atoms with van der Waals surface area (Å²) in [4.78, 5) is 4.27. The van der Waals surface area contributed by atoms with Crippen molar-refractivity contribution in [1.82, 2.24) is 9.55 Å². The molecule has 3 nitrogen and oxygen atoms in total. The molecular formula is C14H19N3. The molecule has 0 radical (unpaired) electrons. The first-order chi connectivity index (χ1) is 8.31. The van der Waals surface area contributed by atoms with E-state index in [0.717, 1.165) is 30.9 Å². The number of hydrogen-bond acceptors (Lipinski definition) is 2. The summed E-state index contributed by atoms with van der Waals surface area (Å²) < 4.78 is 2.29. The van der Waals surface area contributed by atoms with Gasteiger partial charge in [0.2, 0.25) is 0 Å². The minimum absolute atomic E-state index is 0.847. The molecule has 0 atom stereocenters. The number of nitrogens with one attached hydrogen (secondary N) is 1. The molecular weight excluding hydrogens is 210 g/mol. The van der Waals surface area contributed by atoms with E-state index in [0.29, 0.717) is 0 Å². The van der Waals surface area contributed by atoms with Crippen LogP contribution in [-0.4, -0.2) is 9.55 Å². The van der Waals surface area contributed by atoms with Gasteiger partial charge in [0.05, 0.1) is 17.9 Å². The van der Waals surface area contributed by atoms with Crippen molar-refractivity contribution in [3.05, 3.63) is 48.0 Å². The molecule has 0 aliphatic carbocycles. The second-order valence-electron chi connectivity index (χ2n) is 4.18. The van der Waals surface area contributed by atoms with E-state index >= 15 is 0 Å². The summed E-state index contributed by atoms with van der Waals surface area (Å²) >= 11 is 0. The van der Waals surface area contributed by atoms with Crippen LogP contribution >= 0.6 is 0 Å². The average molecular weight is 229 g/mol. The predicted molar refractivity (Wildman–Crippen MR) is 71.0 cm³/mol. The van der Waals surface area contributed by atoms with Gasteiger partial charge in [-0.3, -0.25) is 4.98 Å². The lowest BCUT2D eigenvalue weighted by molar-refractivity contribution is 0.654. The van der Waals surface area contributed by atoms with E-state index in [1.807, 2.05) is 19.2 Å². The molecule has 0 saturated carbocycles. The Kier molecular flexibility index (Phi) is 3.81. The highest BCUT2D eigenvalue weighted by Crippen LogP contribution is 2.12. The minimum Gasteiger partial charge on any atom is -0.378 e. The number of anilines is 1. The first-order valence-corrected chi connectivity index (χ1v) is 6.10. The van der Waals surface area contributed by atoms with Crippen molar-refractivity contribution in [2.45, 2.75) is 33.4 Å². The molecule has 0 aliphatic rings. The molecule has 1 N–H and O–H groups in total. The summed E-state index contributed by atoms with van der Waals surface area (Å²) in [7, 11) is 0. The number of nitrogens with zero attached hydrogens (tertiary/aromatic N) is 2. The molecule has 17 heavy (non-hydrogen) atoms. The molecule has 2 rings (SSSR count). The predicted octanol–water partition coefficient (Wildman–Crippen LogP) is 3.21. The molecule has 3 heteroatoms. The zero-order valence-electron chi connectivity index (χ0n) is 10.5.